The van der Waals surface area contributed by atoms with Gasteiger partial charge in [0.1, 0.15) is 13.3 Å². The van der Waals surface area contributed by atoms with Gasteiger partial charge in [0.25, 0.3) is 0 Å². The zero-order valence-electron chi connectivity index (χ0n) is 8.70. The quantitative estimate of drug-likeness (QED) is 0.786. The van der Waals surface area contributed by atoms with Crippen LogP contribution in [-0.4, -0.2) is 25.0 Å². The van der Waals surface area contributed by atoms with Crippen LogP contribution in [0.25, 0.3) is 0 Å². The highest BCUT2D eigenvalue weighted by molar-refractivity contribution is 5.42. The number of aliphatic hydroxyl groups is 1. The Bertz CT molecular complexity index is 302. The summed E-state index contributed by atoms with van der Waals surface area (Å²) < 4.78 is 22.4. The number of aliphatic hydroxyl groups excluding tert-OH is 1. The number of rotatable bonds is 6. The predicted molar refractivity (Wildman–Crippen MR) is 55.0 cm³/mol. The molecule has 0 radical (unpaired) electrons. The van der Waals surface area contributed by atoms with Crippen molar-refractivity contribution >= 4 is 0 Å². The molecule has 0 aliphatic heterocycles. The van der Waals surface area contributed by atoms with E-state index in [2.05, 4.69) is 0 Å². The fraction of sp³-hybridized carbons (Fsp3) is 0.455. The molecular weight excluding hydrogens is 199 g/mol. The third-order valence-corrected chi connectivity index (χ3v) is 1.83. The van der Waals surface area contributed by atoms with Crippen LogP contribution in [0.1, 0.15) is 12.5 Å². The highest BCUT2D eigenvalue weighted by Gasteiger charge is 2.05. The molecule has 4 heteroatoms. The van der Waals surface area contributed by atoms with Crippen LogP contribution in [0.3, 0.4) is 0 Å². The molecule has 0 saturated carbocycles. The Morgan fingerprint density at radius 1 is 1.27 bits per heavy atom. The SMILES string of the molecule is CCOc1cc(CO)ccc1OCCF. The Morgan fingerprint density at radius 2 is 2.07 bits per heavy atom. The van der Waals surface area contributed by atoms with Gasteiger partial charge in [0, 0.05) is 0 Å². The van der Waals surface area contributed by atoms with Crippen molar-refractivity contribution in [2.75, 3.05) is 19.9 Å². The van der Waals surface area contributed by atoms with Crippen LogP contribution in [0.15, 0.2) is 18.2 Å². The van der Waals surface area contributed by atoms with E-state index in [4.69, 9.17) is 14.6 Å². The Balaban J connectivity index is 2.82. The third-order valence-electron chi connectivity index (χ3n) is 1.83. The second kappa shape index (κ2) is 6.24. The summed E-state index contributed by atoms with van der Waals surface area (Å²) in [6.07, 6.45) is 0. The van der Waals surface area contributed by atoms with Gasteiger partial charge in [-0.15, -0.1) is 0 Å². The van der Waals surface area contributed by atoms with E-state index in [0.29, 0.717) is 18.1 Å². The summed E-state index contributed by atoms with van der Waals surface area (Å²) in [5.41, 5.74) is 0.742. The molecule has 0 aliphatic rings. The maximum absolute atomic E-state index is 11.9. The maximum atomic E-state index is 11.9. The van der Waals surface area contributed by atoms with Gasteiger partial charge in [-0.1, -0.05) is 6.07 Å². The van der Waals surface area contributed by atoms with Crippen molar-refractivity contribution in [2.45, 2.75) is 13.5 Å². The third kappa shape index (κ3) is 3.40. The highest BCUT2D eigenvalue weighted by Crippen LogP contribution is 2.28. The normalized spacial score (nSPS) is 10.1. The van der Waals surface area contributed by atoms with Gasteiger partial charge in [0.15, 0.2) is 11.5 Å². The van der Waals surface area contributed by atoms with Crippen molar-refractivity contribution in [3.63, 3.8) is 0 Å². The molecule has 3 nitrogen and oxygen atoms in total. The zero-order chi connectivity index (χ0) is 11.1. The van der Waals surface area contributed by atoms with E-state index in [-0.39, 0.29) is 13.2 Å². The van der Waals surface area contributed by atoms with Gasteiger partial charge in [-0.05, 0) is 24.6 Å². The summed E-state index contributed by atoms with van der Waals surface area (Å²) in [5.74, 6) is 1.05. The summed E-state index contributed by atoms with van der Waals surface area (Å²) in [7, 11) is 0. The van der Waals surface area contributed by atoms with E-state index in [1.54, 1.807) is 18.2 Å². The van der Waals surface area contributed by atoms with Gasteiger partial charge < -0.3 is 14.6 Å². The summed E-state index contributed by atoms with van der Waals surface area (Å²) in [4.78, 5) is 0. The molecular formula is C11H15FO3. The number of ether oxygens (including phenoxy) is 2. The van der Waals surface area contributed by atoms with Gasteiger partial charge >= 0.3 is 0 Å². The lowest BCUT2D eigenvalue weighted by molar-refractivity contribution is 0.249. The maximum Gasteiger partial charge on any atom is 0.161 e. The molecule has 0 saturated heterocycles. The van der Waals surface area contributed by atoms with Gasteiger partial charge in [-0.25, -0.2) is 4.39 Å². The van der Waals surface area contributed by atoms with Crippen LogP contribution in [0.4, 0.5) is 4.39 Å². The first-order chi connectivity index (χ1) is 7.31. The average molecular weight is 214 g/mol. The summed E-state index contributed by atoms with van der Waals surface area (Å²) >= 11 is 0. The van der Waals surface area contributed by atoms with Crippen molar-refractivity contribution in [2.24, 2.45) is 0 Å². The lowest BCUT2D eigenvalue weighted by Crippen LogP contribution is -2.02. The van der Waals surface area contributed by atoms with Crippen LogP contribution < -0.4 is 9.47 Å². The highest BCUT2D eigenvalue weighted by atomic mass is 19.1. The standard InChI is InChI=1S/C11H15FO3/c1-2-14-11-7-9(8-13)3-4-10(11)15-6-5-12/h3-4,7,13H,2,5-6,8H2,1H3. The van der Waals surface area contributed by atoms with E-state index in [1.165, 1.54) is 0 Å². The van der Waals surface area contributed by atoms with Gasteiger partial charge in [-0.2, -0.15) is 0 Å². The van der Waals surface area contributed by atoms with Gasteiger partial charge in [0.2, 0.25) is 0 Å². The van der Waals surface area contributed by atoms with E-state index in [9.17, 15) is 4.39 Å². The Labute approximate surface area is 88.4 Å². The van der Waals surface area contributed by atoms with Crippen LogP contribution in [0.5, 0.6) is 11.5 Å². The first-order valence-electron chi connectivity index (χ1n) is 4.87. The zero-order valence-corrected chi connectivity index (χ0v) is 8.70. The van der Waals surface area contributed by atoms with E-state index >= 15 is 0 Å². The molecule has 1 N–H and O–H groups in total. The number of benzene rings is 1. The minimum Gasteiger partial charge on any atom is -0.490 e. The van der Waals surface area contributed by atoms with Gasteiger partial charge in [0.05, 0.1) is 13.2 Å². The van der Waals surface area contributed by atoms with E-state index in [1.807, 2.05) is 6.92 Å². The molecule has 15 heavy (non-hydrogen) atoms. The Morgan fingerprint density at radius 3 is 2.67 bits per heavy atom. The number of alkyl halides is 1. The predicted octanol–water partition coefficient (Wildman–Crippen LogP) is 1.93. The minimum absolute atomic E-state index is 0.0124. The number of hydrogen-bond acceptors (Lipinski definition) is 3. The van der Waals surface area contributed by atoms with Crippen LogP contribution in [0, 0.1) is 0 Å². The molecule has 0 bridgehead atoms. The largest absolute Gasteiger partial charge is 0.490 e. The topological polar surface area (TPSA) is 38.7 Å². The van der Waals surface area contributed by atoms with Crippen molar-refractivity contribution in [3.8, 4) is 11.5 Å². The first-order valence-corrected chi connectivity index (χ1v) is 4.87. The second-order valence-electron chi connectivity index (χ2n) is 2.91. The molecule has 0 aliphatic carbocycles. The van der Waals surface area contributed by atoms with Crippen molar-refractivity contribution in [3.05, 3.63) is 23.8 Å². The molecule has 0 atom stereocenters. The molecule has 1 aromatic rings. The number of halogens is 1. The lowest BCUT2D eigenvalue weighted by atomic mass is 10.2. The molecule has 0 fully saturated rings. The average Bonchev–Trinajstić information content (AvgIpc) is 2.27. The molecule has 84 valence electrons. The molecule has 0 aromatic heterocycles. The Hall–Kier alpha value is -1.29. The van der Waals surface area contributed by atoms with Crippen molar-refractivity contribution in [1.29, 1.82) is 0 Å². The first kappa shape index (κ1) is 11.8. The summed E-state index contributed by atoms with van der Waals surface area (Å²) in [6.45, 7) is 1.78. The molecule has 0 heterocycles. The molecule has 1 rings (SSSR count). The lowest BCUT2D eigenvalue weighted by Gasteiger charge is -2.11. The summed E-state index contributed by atoms with van der Waals surface area (Å²) in [5, 5.41) is 8.94. The van der Waals surface area contributed by atoms with Crippen LogP contribution >= 0.6 is 0 Å². The fourth-order valence-electron chi connectivity index (χ4n) is 1.19. The second-order valence-corrected chi connectivity index (χ2v) is 2.91. The molecule has 1 aromatic carbocycles. The molecule has 0 amide bonds. The van der Waals surface area contributed by atoms with Crippen molar-refractivity contribution < 1.29 is 19.0 Å². The van der Waals surface area contributed by atoms with E-state index in [0.717, 1.165) is 5.56 Å². The molecule has 0 spiro atoms. The molecule has 0 unspecified atom stereocenters. The van der Waals surface area contributed by atoms with Crippen LogP contribution in [-0.2, 0) is 6.61 Å². The van der Waals surface area contributed by atoms with Crippen molar-refractivity contribution in [1.82, 2.24) is 0 Å². The smallest absolute Gasteiger partial charge is 0.161 e. The van der Waals surface area contributed by atoms with Gasteiger partial charge in [-0.3, -0.25) is 0 Å². The minimum atomic E-state index is -0.534. The summed E-state index contributed by atoms with van der Waals surface area (Å²) in [6, 6.07) is 5.08. The number of hydrogen-bond donors (Lipinski definition) is 1. The Kier molecular flexibility index (Phi) is 4.90. The van der Waals surface area contributed by atoms with E-state index < -0.39 is 6.67 Å². The monoisotopic (exact) mass is 214 g/mol. The fourth-order valence-corrected chi connectivity index (χ4v) is 1.19. The van der Waals surface area contributed by atoms with Crippen LogP contribution in [0.2, 0.25) is 0 Å².